The molecule has 1 rings (SSSR count). The molecule has 17 heavy (non-hydrogen) atoms. The lowest BCUT2D eigenvalue weighted by Crippen LogP contribution is -2.28. The number of anilines is 1. The average Bonchev–Trinajstić information content (AvgIpc) is 2.31. The van der Waals surface area contributed by atoms with E-state index in [9.17, 15) is 4.79 Å². The molecule has 0 radical (unpaired) electrons. The average molecular weight is 413 g/mol. The molecule has 0 saturated heterocycles. The molecule has 0 saturated carbocycles. The van der Waals surface area contributed by atoms with E-state index in [1.807, 2.05) is 18.2 Å². The predicted octanol–water partition coefficient (Wildman–Crippen LogP) is 2.36. The maximum atomic E-state index is 11.7. The number of amides is 1. The first-order chi connectivity index (χ1) is 8.06. The fraction of sp³-hybridized carbons (Fsp3) is 0.364. The van der Waals surface area contributed by atoms with Crippen molar-refractivity contribution in [2.24, 2.45) is 5.73 Å². The van der Waals surface area contributed by atoms with Crippen LogP contribution in [-0.2, 0) is 9.53 Å². The Labute approximate surface area is 123 Å². The lowest BCUT2D eigenvalue weighted by molar-refractivity contribution is -0.118. The minimum absolute atomic E-state index is 0.0988. The van der Waals surface area contributed by atoms with Crippen molar-refractivity contribution < 1.29 is 9.53 Å². The van der Waals surface area contributed by atoms with Crippen LogP contribution in [0.25, 0.3) is 0 Å². The Bertz CT molecular complexity index is 397. The summed E-state index contributed by atoms with van der Waals surface area (Å²) in [4.78, 5) is 11.7. The molecule has 0 aliphatic carbocycles. The summed E-state index contributed by atoms with van der Waals surface area (Å²) in [6, 6.07) is 5.72. The highest BCUT2D eigenvalue weighted by Crippen LogP contribution is 2.23. The lowest BCUT2D eigenvalue weighted by atomic mass is 10.2. The fourth-order valence-corrected chi connectivity index (χ4v) is 2.10. The van der Waals surface area contributed by atoms with E-state index in [0.717, 1.165) is 13.7 Å². The summed E-state index contributed by atoms with van der Waals surface area (Å²) in [6.07, 6.45) is 0.0232. The number of rotatable bonds is 5. The molecule has 3 N–H and O–H groups in total. The number of benzene rings is 1. The predicted molar refractivity (Wildman–Crippen MR) is 80.0 cm³/mol. The van der Waals surface area contributed by atoms with Gasteiger partial charge in [-0.15, -0.1) is 0 Å². The monoisotopic (exact) mass is 412 g/mol. The second-order valence-electron chi connectivity index (χ2n) is 3.47. The van der Waals surface area contributed by atoms with Gasteiger partial charge in [-0.2, -0.15) is 0 Å². The second kappa shape index (κ2) is 7.30. The molecular weight excluding hydrogens is 399 g/mol. The largest absolute Gasteiger partial charge is 0.380 e. The van der Waals surface area contributed by atoms with Crippen molar-refractivity contribution in [3.8, 4) is 0 Å². The summed E-state index contributed by atoms with van der Waals surface area (Å²) < 4.78 is 6.98. The van der Waals surface area contributed by atoms with Crippen LogP contribution < -0.4 is 11.1 Å². The van der Waals surface area contributed by atoms with Gasteiger partial charge in [-0.1, -0.05) is 15.9 Å². The number of carbonyl (C=O) groups excluding carboxylic acids is 1. The van der Waals surface area contributed by atoms with E-state index in [-0.39, 0.29) is 18.4 Å². The molecule has 0 heterocycles. The molecule has 0 aliphatic rings. The van der Waals surface area contributed by atoms with Crippen molar-refractivity contribution in [3.05, 3.63) is 26.2 Å². The van der Waals surface area contributed by atoms with Crippen LogP contribution in [0.15, 0.2) is 22.7 Å². The van der Waals surface area contributed by atoms with E-state index in [0.29, 0.717) is 6.54 Å². The zero-order valence-corrected chi connectivity index (χ0v) is 13.1. The first kappa shape index (κ1) is 14.9. The van der Waals surface area contributed by atoms with E-state index in [1.165, 1.54) is 0 Å². The van der Waals surface area contributed by atoms with Gasteiger partial charge in [-0.25, -0.2) is 0 Å². The third-order valence-electron chi connectivity index (χ3n) is 2.21. The van der Waals surface area contributed by atoms with Gasteiger partial charge in [-0.3, -0.25) is 4.79 Å². The summed E-state index contributed by atoms with van der Waals surface area (Å²) in [5.74, 6) is -0.0988. The Morgan fingerprint density at radius 1 is 1.65 bits per heavy atom. The number of hydrogen-bond donors (Lipinski definition) is 2. The number of hydrogen-bond acceptors (Lipinski definition) is 3. The third kappa shape index (κ3) is 4.90. The van der Waals surface area contributed by atoms with Crippen molar-refractivity contribution in [2.45, 2.75) is 12.5 Å². The molecule has 0 fully saturated rings. The molecule has 1 aromatic rings. The van der Waals surface area contributed by atoms with Gasteiger partial charge in [0, 0.05) is 21.7 Å². The SMILES string of the molecule is COC(CN)CC(=O)Nc1cc(Br)ccc1I. The van der Waals surface area contributed by atoms with Crippen LogP contribution in [0.3, 0.4) is 0 Å². The van der Waals surface area contributed by atoms with Gasteiger partial charge in [0.15, 0.2) is 0 Å². The fourth-order valence-electron chi connectivity index (χ4n) is 1.26. The third-order valence-corrected chi connectivity index (χ3v) is 3.65. The van der Waals surface area contributed by atoms with Crippen LogP contribution in [0, 0.1) is 3.57 Å². The van der Waals surface area contributed by atoms with Gasteiger partial charge in [0.25, 0.3) is 0 Å². The first-order valence-electron chi connectivity index (χ1n) is 5.04. The minimum Gasteiger partial charge on any atom is -0.380 e. The topological polar surface area (TPSA) is 64.3 Å². The Balaban J connectivity index is 2.64. The minimum atomic E-state index is -0.236. The van der Waals surface area contributed by atoms with E-state index in [2.05, 4.69) is 43.8 Å². The number of nitrogens with one attached hydrogen (secondary N) is 1. The normalized spacial score (nSPS) is 12.2. The number of halogens is 2. The maximum absolute atomic E-state index is 11.7. The van der Waals surface area contributed by atoms with Crippen molar-refractivity contribution in [3.63, 3.8) is 0 Å². The van der Waals surface area contributed by atoms with Crippen molar-refractivity contribution in [1.29, 1.82) is 0 Å². The number of nitrogens with two attached hydrogens (primary N) is 1. The molecule has 1 amide bonds. The molecular formula is C11H14BrIN2O2. The molecule has 94 valence electrons. The molecule has 1 unspecified atom stereocenters. The highest BCUT2D eigenvalue weighted by Gasteiger charge is 2.12. The van der Waals surface area contributed by atoms with E-state index >= 15 is 0 Å². The summed E-state index contributed by atoms with van der Waals surface area (Å²) >= 11 is 5.54. The van der Waals surface area contributed by atoms with Gasteiger partial charge in [0.05, 0.1) is 18.2 Å². The Kier molecular flexibility index (Phi) is 6.39. The van der Waals surface area contributed by atoms with Gasteiger partial charge in [0.2, 0.25) is 5.91 Å². The Morgan fingerprint density at radius 3 is 2.94 bits per heavy atom. The summed E-state index contributed by atoms with van der Waals surface area (Å²) in [5, 5.41) is 2.84. The molecule has 0 aliphatic heterocycles. The molecule has 0 aromatic heterocycles. The zero-order valence-electron chi connectivity index (χ0n) is 9.37. The van der Waals surface area contributed by atoms with Crippen LogP contribution >= 0.6 is 38.5 Å². The van der Waals surface area contributed by atoms with Crippen LogP contribution in [0.4, 0.5) is 5.69 Å². The highest BCUT2D eigenvalue weighted by molar-refractivity contribution is 14.1. The summed E-state index contributed by atoms with van der Waals surface area (Å²) in [5.41, 5.74) is 6.25. The number of ether oxygens (including phenoxy) is 1. The van der Waals surface area contributed by atoms with Gasteiger partial charge < -0.3 is 15.8 Å². The highest BCUT2D eigenvalue weighted by atomic mass is 127. The summed E-state index contributed by atoms with van der Waals surface area (Å²) in [6.45, 7) is 0.333. The van der Waals surface area contributed by atoms with Gasteiger partial charge >= 0.3 is 0 Å². The molecule has 6 heteroatoms. The van der Waals surface area contributed by atoms with E-state index in [1.54, 1.807) is 7.11 Å². The van der Waals surface area contributed by atoms with E-state index in [4.69, 9.17) is 10.5 Å². The number of methoxy groups -OCH3 is 1. The quantitative estimate of drug-likeness (QED) is 0.729. The second-order valence-corrected chi connectivity index (χ2v) is 5.55. The number of carbonyl (C=O) groups is 1. The van der Waals surface area contributed by atoms with Gasteiger partial charge in [0.1, 0.15) is 0 Å². The zero-order chi connectivity index (χ0) is 12.8. The molecule has 0 bridgehead atoms. The standard InChI is InChI=1S/C11H14BrIN2O2/c1-17-8(6-14)5-11(16)15-10-4-7(12)2-3-9(10)13/h2-4,8H,5-6,14H2,1H3,(H,15,16). The maximum Gasteiger partial charge on any atom is 0.227 e. The van der Waals surface area contributed by atoms with E-state index < -0.39 is 0 Å². The molecule has 1 atom stereocenters. The van der Waals surface area contributed by atoms with Crippen molar-refractivity contribution >= 4 is 50.1 Å². The molecule has 1 aromatic carbocycles. The van der Waals surface area contributed by atoms with Crippen molar-refractivity contribution in [1.82, 2.24) is 0 Å². The summed E-state index contributed by atoms with van der Waals surface area (Å²) in [7, 11) is 1.55. The van der Waals surface area contributed by atoms with Crippen LogP contribution in [0.1, 0.15) is 6.42 Å². The van der Waals surface area contributed by atoms with Crippen LogP contribution in [0.2, 0.25) is 0 Å². The van der Waals surface area contributed by atoms with Crippen molar-refractivity contribution in [2.75, 3.05) is 19.0 Å². The Hall–Kier alpha value is -0.180. The first-order valence-corrected chi connectivity index (χ1v) is 6.91. The molecule has 0 spiro atoms. The smallest absolute Gasteiger partial charge is 0.227 e. The Morgan fingerprint density at radius 2 is 2.35 bits per heavy atom. The molecule has 4 nitrogen and oxygen atoms in total. The van der Waals surface area contributed by atoms with Gasteiger partial charge in [-0.05, 0) is 40.8 Å². The van der Waals surface area contributed by atoms with Crippen LogP contribution in [0.5, 0.6) is 0 Å². The van der Waals surface area contributed by atoms with Crippen LogP contribution in [-0.4, -0.2) is 25.7 Å². The lowest BCUT2D eigenvalue weighted by Gasteiger charge is -2.13.